The standard InChI is InChI=1S/C14H24N4/c1-5-6-7-9-18(4)14(15-2)16-11-13-8-10-17(3)12-13/h5,8,10,12H,1,6-7,9,11H2,2-4H3,(H,15,16). The molecule has 0 amide bonds. The fourth-order valence-electron chi connectivity index (χ4n) is 1.81. The first kappa shape index (κ1) is 14.4. The van der Waals surface area contributed by atoms with Gasteiger partial charge < -0.3 is 14.8 Å². The van der Waals surface area contributed by atoms with Crippen molar-refractivity contribution in [3.63, 3.8) is 0 Å². The van der Waals surface area contributed by atoms with Crippen LogP contribution in [0.4, 0.5) is 0 Å². The molecular formula is C14H24N4. The highest BCUT2D eigenvalue weighted by Gasteiger charge is 2.04. The summed E-state index contributed by atoms with van der Waals surface area (Å²) >= 11 is 0. The van der Waals surface area contributed by atoms with Gasteiger partial charge in [-0.3, -0.25) is 4.99 Å². The van der Waals surface area contributed by atoms with Crippen LogP contribution in [0.2, 0.25) is 0 Å². The topological polar surface area (TPSA) is 32.6 Å². The van der Waals surface area contributed by atoms with Crippen LogP contribution in [-0.4, -0.2) is 36.1 Å². The summed E-state index contributed by atoms with van der Waals surface area (Å²) in [5.74, 6) is 0.933. The number of allylic oxidation sites excluding steroid dienone is 1. The molecule has 0 aliphatic rings. The van der Waals surface area contributed by atoms with E-state index in [4.69, 9.17) is 0 Å². The summed E-state index contributed by atoms with van der Waals surface area (Å²) in [6.45, 7) is 5.53. The van der Waals surface area contributed by atoms with Gasteiger partial charge in [0.25, 0.3) is 0 Å². The summed E-state index contributed by atoms with van der Waals surface area (Å²) < 4.78 is 2.05. The van der Waals surface area contributed by atoms with Crippen molar-refractivity contribution in [2.24, 2.45) is 12.0 Å². The molecule has 1 heterocycles. The highest BCUT2D eigenvalue weighted by Crippen LogP contribution is 2.00. The second-order valence-corrected chi connectivity index (χ2v) is 4.44. The van der Waals surface area contributed by atoms with Crippen LogP contribution in [0.1, 0.15) is 18.4 Å². The van der Waals surface area contributed by atoms with Gasteiger partial charge in [-0.05, 0) is 24.5 Å². The molecule has 0 spiro atoms. The van der Waals surface area contributed by atoms with E-state index in [2.05, 4.69) is 41.1 Å². The van der Waals surface area contributed by atoms with Gasteiger partial charge >= 0.3 is 0 Å². The Morgan fingerprint density at radius 3 is 2.94 bits per heavy atom. The SMILES string of the molecule is C=CCCCN(C)C(=NC)NCc1ccn(C)c1. The molecule has 0 fully saturated rings. The molecule has 0 atom stereocenters. The molecule has 4 heteroatoms. The van der Waals surface area contributed by atoms with Crippen molar-refractivity contribution in [2.75, 3.05) is 20.6 Å². The number of aryl methyl sites for hydroxylation is 1. The van der Waals surface area contributed by atoms with E-state index in [1.165, 1.54) is 5.56 Å². The van der Waals surface area contributed by atoms with Crippen molar-refractivity contribution in [1.82, 2.24) is 14.8 Å². The molecule has 0 bridgehead atoms. The Hall–Kier alpha value is -1.71. The summed E-state index contributed by atoms with van der Waals surface area (Å²) in [5.41, 5.74) is 1.26. The number of rotatable bonds is 6. The Labute approximate surface area is 110 Å². The van der Waals surface area contributed by atoms with Crippen molar-refractivity contribution in [3.8, 4) is 0 Å². The first-order valence-corrected chi connectivity index (χ1v) is 6.31. The van der Waals surface area contributed by atoms with Crippen molar-refractivity contribution >= 4 is 5.96 Å². The normalized spacial score (nSPS) is 11.4. The lowest BCUT2D eigenvalue weighted by Crippen LogP contribution is -2.38. The molecule has 0 saturated heterocycles. The first-order chi connectivity index (χ1) is 8.67. The van der Waals surface area contributed by atoms with Crippen LogP contribution in [0.3, 0.4) is 0 Å². The lowest BCUT2D eigenvalue weighted by atomic mass is 10.3. The average Bonchev–Trinajstić information content (AvgIpc) is 2.76. The highest BCUT2D eigenvalue weighted by molar-refractivity contribution is 5.79. The number of hydrogen-bond acceptors (Lipinski definition) is 1. The Morgan fingerprint density at radius 2 is 2.39 bits per heavy atom. The van der Waals surface area contributed by atoms with Crippen molar-refractivity contribution in [1.29, 1.82) is 0 Å². The summed E-state index contributed by atoms with van der Waals surface area (Å²) in [6, 6.07) is 2.11. The zero-order valence-corrected chi connectivity index (χ0v) is 11.7. The second-order valence-electron chi connectivity index (χ2n) is 4.44. The summed E-state index contributed by atoms with van der Waals surface area (Å²) in [4.78, 5) is 6.43. The number of unbranched alkanes of at least 4 members (excludes halogenated alkanes) is 1. The number of guanidine groups is 1. The predicted octanol–water partition coefficient (Wildman–Crippen LogP) is 2.00. The second kappa shape index (κ2) is 7.58. The fraction of sp³-hybridized carbons (Fsp3) is 0.500. The van der Waals surface area contributed by atoms with Gasteiger partial charge in [0.05, 0.1) is 0 Å². The number of nitrogens with zero attached hydrogens (tertiary/aromatic N) is 3. The zero-order valence-electron chi connectivity index (χ0n) is 11.7. The maximum atomic E-state index is 4.29. The van der Waals surface area contributed by atoms with Crippen LogP contribution in [0, 0.1) is 0 Å². The number of aromatic nitrogens is 1. The minimum atomic E-state index is 0.805. The molecule has 1 aromatic heterocycles. The third-order valence-corrected chi connectivity index (χ3v) is 2.82. The fourth-order valence-corrected chi connectivity index (χ4v) is 1.81. The molecule has 0 unspecified atom stereocenters. The van der Waals surface area contributed by atoms with E-state index in [1.54, 1.807) is 0 Å². The van der Waals surface area contributed by atoms with Gasteiger partial charge in [-0.15, -0.1) is 6.58 Å². The van der Waals surface area contributed by atoms with Gasteiger partial charge in [0.2, 0.25) is 0 Å². The van der Waals surface area contributed by atoms with Crippen LogP contribution in [0.5, 0.6) is 0 Å². The monoisotopic (exact) mass is 248 g/mol. The minimum absolute atomic E-state index is 0.805. The van der Waals surface area contributed by atoms with E-state index in [0.717, 1.165) is 31.9 Å². The highest BCUT2D eigenvalue weighted by atomic mass is 15.3. The van der Waals surface area contributed by atoms with Crippen LogP contribution in [-0.2, 0) is 13.6 Å². The number of aliphatic imine (C=N–C) groups is 1. The Kier molecular flexibility index (Phi) is 6.05. The quantitative estimate of drug-likeness (QED) is 0.361. The maximum absolute atomic E-state index is 4.29. The summed E-state index contributed by atoms with van der Waals surface area (Å²) in [5, 5.41) is 3.36. The largest absolute Gasteiger partial charge is 0.357 e. The van der Waals surface area contributed by atoms with Crippen molar-refractivity contribution in [3.05, 3.63) is 36.7 Å². The Balaban J connectivity index is 2.39. The summed E-state index contributed by atoms with van der Waals surface area (Å²) in [7, 11) is 5.90. The van der Waals surface area contributed by atoms with Crippen molar-refractivity contribution in [2.45, 2.75) is 19.4 Å². The van der Waals surface area contributed by atoms with E-state index in [9.17, 15) is 0 Å². The van der Waals surface area contributed by atoms with Gasteiger partial charge in [0, 0.05) is 46.6 Å². The Morgan fingerprint density at radius 1 is 1.61 bits per heavy atom. The first-order valence-electron chi connectivity index (χ1n) is 6.31. The van der Waals surface area contributed by atoms with E-state index >= 15 is 0 Å². The minimum Gasteiger partial charge on any atom is -0.357 e. The third kappa shape index (κ3) is 4.65. The molecule has 0 aliphatic carbocycles. The Bertz CT molecular complexity index is 392. The molecule has 0 aromatic carbocycles. The molecule has 4 nitrogen and oxygen atoms in total. The van der Waals surface area contributed by atoms with Gasteiger partial charge in [0.15, 0.2) is 5.96 Å². The third-order valence-electron chi connectivity index (χ3n) is 2.82. The van der Waals surface area contributed by atoms with Crippen LogP contribution in [0.25, 0.3) is 0 Å². The van der Waals surface area contributed by atoms with Crippen LogP contribution in [0.15, 0.2) is 36.1 Å². The van der Waals surface area contributed by atoms with E-state index < -0.39 is 0 Å². The zero-order chi connectivity index (χ0) is 13.4. The van der Waals surface area contributed by atoms with Crippen molar-refractivity contribution < 1.29 is 0 Å². The van der Waals surface area contributed by atoms with E-state index in [0.29, 0.717) is 0 Å². The molecule has 0 radical (unpaired) electrons. The molecule has 18 heavy (non-hydrogen) atoms. The predicted molar refractivity (Wildman–Crippen MR) is 77.7 cm³/mol. The summed E-state index contributed by atoms with van der Waals surface area (Å²) in [6.07, 6.45) is 8.26. The lowest BCUT2D eigenvalue weighted by molar-refractivity contribution is 0.470. The molecular weight excluding hydrogens is 224 g/mol. The van der Waals surface area contributed by atoms with Crippen LogP contribution >= 0.6 is 0 Å². The molecule has 100 valence electrons. The van der Waals surface area contributed by atoms with Gasteiger partial charge in [0.1, 0.15) is 0 Å². The maximum Gasteiger partial charge on any atom is 0.193 e. The van der Waals surface area contributed by atoms with Gasteiger partial charge in [-0.2, -0.15) is 0 Å². The smallest absolute Gasteiger partial charge is 0.193 e. The van der Waals surface area contributed by atoms with Gasteiger partial charge in [-0.1, -0.05) is 6.08 Å². The molecule has 1 rings (SSSR count). The van der Waals surface area contributed by atoms with Gasteiger partial charge in [-0.25, -0.2) is 0 Å². The van der Waals surface area contributed by atoms with Crippen LogP contribution < -0.4 is 5.32 Å². The van der Waals surface area contributed by atoms with E-state index in [-0.39, 0.29) is 0 Å². The molecule has 1 aromatic rings. The van der Waals surface area contributed by atoms with E-state index in [1.807, 2.05) is 30.9 Å². The average molecular weight is 248 g/mol. The molecule has 0 aliphatic heterocycles. The number of hydrogen-bond donors (Lipinski definition) is 1. The lowest BCUT2D eigenvalue weighted by Gasteiger charge is -2.21. The molecule has 0 saturated carbocycles. The molecule has 1 N–H and O–H groups in total. The number of nitrogens with one attached hydrogen (secondary N) is 1.